The minimum Gasteiger partial charge on any atom is -0.347 e. The first kappa shape index (κ1) is 21.5. The lowest BCUT2D eigenvalue weighted by Crippen LogP contribution is -2.26. The largest absolute Gasteiger partial charge is 0.347 e. The van der Waals surface area contributed by atoms with Gasteiger partial charge in [0.2, 0.25) is 5.69 Å². The second-order valence-corrected chi connectivity index (χ2v) is 10.3. The van der Waals surface area contributed by atoms with E-state index in [2.05, 4.69) is 142 Å². The fourth-order valence-electron chi connectivity index (χ4n) is 5.68. The number of para-hydroxylation sites is 1. The summed E-state index contributed by atoms with van der Waals surface area (Å²) in [6, 6.07) is 26.2. The average molecular weight is 434 g/mol. The van der Waals surface area contributed by atoms with Crippen molar-refractivity contribution in [3.05, 3.63) is 108 Å². The van der Waals surface area contributed by atoms with Crippen LogP contribution >= 0.6 is 0 Å². The number of hydrogen-bond donors (Lipinski definition) is 0. The Hall–Kier alpha value is -3.39. The maximum absolute atomic E-state index is 2.37. The van der Waals surface area contributed by atoms with E-state index in [1.807, 2.05) is 0 Å². The summed E-state index contributed by atoms with van der Waals surface area (Å²) in [4.78, 5) is 2.34. The zero-order valence-electron chi connectivity index (χ0n) is 20.6. The van der Waals surface area contributed by atoms with Crippen molar-refractivity contribution in [1.82, 2.24) is 0 Å². The summed E-state index contributed by atoms with van der Waals surface area (Å²) in [5.41, 5.74) is 10.5. The zero-order valence-corrected chi connectivity index (χ0v) is 20.6. The number of nitrogens with zero attached hydrogens (tertiary/aromatic N) is 2. The highest BCUT2D eigenvalue weighted by Gasteiger charge is 2.42. The third-order valence-corrected chi connectivity index (χ3v) is 7.59. The molecule has 0 aromatic heterocycles. The molecule has 0 atom stereocenters. The second-order valence-electron chi connectivity index (χ2n) is 10.3. The van der Waals surface area contributed by atoms with Crippen molar-refractivity contribution in [2.45, 2.75) is 38.5 Å². The minimum absolute atomic E-state index is 0.00893. The molecule has 0 amide bonds. The highest BCUT2D eigenvalue weighted by molar-refractivity contribution is 6.03. The molecule has 5 rings (SSSR count). The van der Waals surface area contributed by atoms with Gasteiger partial charge in [-0.25, -0.2) is 0 Å². The van der Waals surface area contributed by atoms with E-state index in [0.29, 0.717) is 0 Å². The third-order valence-electron chi connectivity index (χ3n) is 7.59. The number of allylic oxidation sites excluding steroid dienone is 4. The minimum atomic E-state index is -0.0655. The summed E-state index contributed by atoms with van der Waals surface area (Å²) < 4.78 is 2.33. The summed E-state index contributed by atoms with van der Waals surface area (Å²) >= 11 is 0. The normalized spacial score (nSPS) is 19.5. The van der Waals surface area contributed by atoms with Crippen molar-refractivity contribution in [2.75, 3.05) is 19.0 Å². The fraction of sp³-hybridized carbons (Fsp3) is 0.258. The summed E-state index contributed by atoms with van der Waals surface area (Å²) in [7, 11) is 4.36. The highest BCUT2D eigenvalue weighted by atomic mass is 15.2. The first-order valence-electron chi connectivity index (χ1n) is 11.8. The van der Waals surface area contributed by atoms with E-state index in [1.54, 1.807) is 0 Å². The van der Waals surface area contributed by atoms with Crippen molar-refractivity contribution < 1.29 is 4.58 Å². The van der Waals surface area contributed by atoms with Gasteiger partial charge >= 0.3 is 0 Å². The number of rotatable bonds is 3. The van der Waals surface area contributed by atoms with E-state index in [0.717, 1.165) is 0 Å². The Morgan fingerprint density at radius 2 is 1.45 bits per heavy atom. The number of fused-ring (bicyclic) bond motifs is 2. The van der Waals surface area contributed by atoms with E-state index < -0.39 is 0 Å². The van der Waals surface area contributed by atoms with E-state index in [1.165, 1.54) is 45.0 Å². The Balaban J connectivity index is 1.49. The number of likely N-dealkylation sites (N-methyl/N-ethyl adjacent to an activating group) is 1. The number of benzene rings is 3. The van der Waals surface area contributed by atoms with Gasteiger partial charge in [0.05, 0.1) is 5.41 Å². The Morgan fingerprint density at radius 1 is 0.758 bits per heavy atom. The molecule has 0 saturated carbocycles. The molecule has 3 aromatic rings. The van der Waals surface area contributed by atoms with Gasteiger partial charge in [-0.3, -0.25) is 0 Å². The molecule has 0 radical (unpaired) electrons. The van der Waals surface area contributed by atoms with Gasteiger partial charge in [0.25, 0.3) is 0 Å². The summed E-state index contributed by atoms with van der Waals surface area (Å²) in [5, 5.41) is 0. The van der Waals surface area contributed by atoms with E-state index in [-0.39, 0.29) is 10.8 Å². The number of anilines is 1. The molecule has 2 heteroatoms. The van der Waals surface area contributed by atoms with Crippen LogP contribution in [0.4, 0.5) is 11.4 Å². The first-order valence-corrected chi connectivity index (χ1v) is 11.8. The van der Waals surface area contributed by atoms with E-state index in [4.69, 9.17) is 0 Å². The van der Waals surface area contributed by atoms with Crippen LogP contribution in [0.2, 0.25) is 0 Å². The van der Waals surface area contributed by atoms with Gasteiger partial charge in [-0.15, -0.1) is 0 Å². The van der Waals surface area contributed by atoms with Gasteiger partial charge in [0, 0.05) is 41.6 Å². The second kappa shape index (κ2) is 7.59. The van der Waals surface area contributed by atoms with Crippen LogP contribution in [-0.2, 0) is 10.8 Å². The third kappa shape index (κ3) is 3.28. The SMILES string of the molecule is CN1C(=CC=CC2=[N+](C)c3ccccc3C2(C)C)C(C)(C)c2cc(-c3ccccc3)ccc21. The van der Waals surface area contributed by atoms with Crippen molar-refractivity contribution in [3.63, 3.8) is 0 Å². The molecule has 2 nitrogen and oxygen atoms in total. The van der Waals surface area contributed by atoms with Crippen LogP contribution in [0.25, 0.3) is 11.1 Å². The van der Waals surface area contributed by atoms with Gasteiger partial charge in [-0.05, 0) is 48.7 Å². The molecule has 0 saturated heterocycles. The maximum Gasteiger partial charge on any atom is 0.209 e. The lowest BCUT2D eigenvalue weighted by molar-refractivity contribution is -0.401. The quantitative estimate of drug-likeness (QED) is 0.395. The lowest BCUT2D eigenvalue weighted by atomic mass is 9.81. The molecule has 0 spiro atoms. The first-order chi connectivity index (χ1) is 15.7. The van der Waals surface area contributed by atoms with E-state index >= 15 is 0 Å². The van der Waals surface area contributed by atoms with E-state index in [9.17, 15) is 0 Å². The monoisotopic (exact) mass is 433 g/mol. The summed E-state index contributed by atoms with van der Waals surface area (Å²) in [5.74, 6) is 0. The molecular formula is C31H33N2+. The van der Waals surface area contributed by atoms with Crippen LogP contribution in [0.5, 0.6) is 0 Å². The fourth-order valence-corrected chi connectivity index (χ4v) is 5.68. The van der Waals surface area contributed by atoms with Crippen molar-refractivity contribution in [3.8, 4) is 11.1 Å². The predicted octanol–water partition coefficient (Wildman–Crippen LogP) is 7.23. The van der Waals surface area contributed by atoms with Crippen LogP contribution in [0.3, 0.4) is 0 Å². The molecule has 0 N–H and O–H groups in total. The molecule has 0 unspecified atom stereocenters. The highest BCUT2D eigenvalue weighted by Crippen LogP contribution is 2.48. The zero-order chi connectivity index (χ0) is 23.4. The Kier molecular flexibility index (Phi) is 4.93. The van der Waals surface area contributed by atoms with Crippen LogP contribution in [-0.4, -0.2) is 24.4 Å². The molecule has 0 bridgehead atoms. The molecule has 2 aliphatic heterocycles. The molecular weight excluding hydrogens is 400 g/mol. The van der Waals surface area contributed by atoms with Crippen molar-refractivity contribution in [2.24, 2.45) is 0 Å². The molecule has 33 heavy (non-hydrogen) atoms. The van der Waals surface area contributed by atoms with Gasteiger partial charge < -0.3 is 4.90 Å². The van der Waals surface area contributed by atoms with Crippen molar-refractivity contribution in [1.29, 1.82) is 0 Å². The predicted molar refractivity (Wildman–Crippen MR) is 141 cm³/mol. The Bertz CT molecular complexity index is 1320. The Morgan fingerprint density at radius 3 is 2.18 bits per heavy atom. The molecule has 0 fully saturated rings. The lowest BCUT2D eigenvalue weighted by Gasteiger charge is -2.24. The van der Waals surface area contributed by atoms with Crippen LogP contribution in [0.1, 0.15) is 38.8 Å². The molecule has 0 aliphatic carbocycles. The molecule has 2 heterocycles. The van der Waals surface area contributed by atoms with Crippen LogP contribution < -0.4 is 4.90 Å². The summed E-state index contributed by atoms with van der Waals surface area (Å²) in [6.45, 7) is 9.29. The average Bonchev–Trinajstić information content (AvgIpc) is 3.13. The van der Waals surface area contributed by atoms with Gasteiger partial charge in [-0.2, -0.15) is 4.58 Å². The Labute approximate surface area is 198 Å². The van der Waals surface area contributed by atoms with Gasteiger partial charge in [0.15, 0.2) is 5.71 Å². The molecule has 2 aliphatic rings. The maximum atomic E-state index is 2.37. The van der Waals surface area contributed by atoms with Crippen molar-refractivity contribution >= 4 is 17.1 Å². The topological polar surface area (TPSA) is 6.25 Å². The van der Waals surface area contributed by atoms with Gasteiger partial charge in [-0.1, -0.05) is 74.5 Å². The molecule has 166 valence electrons. The summed E-state index contributed by atoms with van der Waals surface area (Å²) in [6.07, 6.45) is 6.81. The standard InChI is InChI=1S/C31H33N2/c1-30(2)24-15-10-11-16-26(24)32(5)28(30)17-12-18-29-31(3,4)25-21-23(19-20-27(25)33(29)6)22-13-8-7-9-14-22/h7-21H,1-6H3/q+1. The van der Waals surface area contributed by atoms with Crippen LogP contribution in [0, 0.1) is 0 Å². The molecule has 3 aromatic carbocycles. The number of hydrogen-bond acceptors (Lipinski definition) is 1. The van der Waals surface area contributed by atoms with Gasteiger partial charge in [0.1, 0.15) is 7.05 Å². The smallest absolute Gasteiger partial charge is 0.209 e. The van der Waals surface area contributed by atoms with Crippen LogP contribution in [0.15, 0.2) is 96.7 Å².